The average Bonchev–Trinajstić information content (AvgIpc) is 3.21. The summed E-state index contributed by atoms with van der Waals surface area (Å²) in [6.07, 6.45) is 3.65. The summed E-state index contributed by atoms with van der Waals surface area (Å²) in [5.74, 6) is 0.860. The number of carbonyl (C=O) groups excluding carboxylic acids is 2. The molecule has 2 aliphatic rings. The van der Waals surface area contributed by atoms with Crippen LogP contribution < -0.4 is 5.32 Å². The predicted octanol–water partition coefficient (Wildman–Crippen LogP) is 2.55. The van der Waals surface area contributed by atoms with Gasteiger partial charge in [0, 0.05) is 25.0 Å². The number of piperidine rings is 1. The van der Waals surface area contributed by atoms with Crippen molar-refractivity contribution >= 4 is 12.0 Å². The van der Waals surface area contributed by atoms with Crippen molar-refractivity contribution in [3.63, 3.8) is 0 Å². The zero-order valence-corrected chi connectivity index (χ0v) is 13.6. The van der Waals surface area contributed by atoms with E-state index in [0.717, 1.165) is 12.8 Å². The van der Waals surface area contributed by atoms with Crippen molar-refractivity contribution in [1.29, 1.82) is 0 Å². The molecule has 0 aromatic heterocycles. The van der Waals surface area contributed by atoms with Gasteiger partial charge in [0.25, 0.3) is 0 Å². The largest absolute Gasteiger partial charge is 0.444 e. The van der Waals surface area contributed by atoms with E-state index in [0.29, 0.717) is 25.0 Å². The van der Waals surface area contributed by atoms with Gasteiger partial charge in [0.15, 0.2) is 0 Å². The highest BCUT2D eigenvalue weighted by Crippen LogP contribution is 2.32. The summed E-state index contributed by atoms with van der Waals surface area (Å²) in [5, 5.41) is 3.12. The number of nitrogens with one attached hydrogen (secondary N) is 1. The Hall–Kier alpha value is -1.26. The summed E-state index contributed by atoms with van der Waals surface area (Å²) >= 11 is 0. The number of hydrogen-bond donors (Lipinski definition) is 1. The minimum absolute atomic E-state index is 0.0323. The van der Waals surface area contributed by atoms with E-state index in [1.165, 1.54) is 12.8 Å². The molecule has 5 heteroatoms. The summed E-state index contributed by atoms with van der Waals surface area (Å²) in [6.45, 7) is 8.89. The van der Waals surface area contributed by atoms with Gasteiger partial charge in [0.05, 0.1) is 0 Å². The van der Waals surface area contributed by atoms with E-state index in [1.54, 1.807) is 4.90 Å². The van der Waals surface area contributed by atoms with Gasteiger partial charge in [-0.2, -0.15) is 0 Å². The van der Waals surface area contributed by atoms with Gasteiger partial charge < -0.3 is 15.0 Å². The number of amides is 2. The van der Waals surface area contributed by atoms with Crippen LogP contribution in [-0.2, 0) is 9.53 Å². The average molecular weight is 296 g/mol. The second-order valence-electron chi connectivity index (χ2n) is 7.38. The fraction of sp³-hybridized carbons (Fsp3) is 0.875. The Morgan fingerprint density at radius 1 is 1.14 bits per heavy atom. The van der Waals surface area contributed by atoms with Crippen LogP contribution in [0.3, 0.4) is 0 Å². The quantitative estimate of drug-likeness (QED) is 0.870. The van der Waals surface area contributed by atoms with Crippen LogP contribution in [0.2, 0.25) is 0 Å². The SMILES string of the molecule is CC(NC(=O)C1CCN(C(=O)OC(C)(C)C)CC1)C1CC1. The normalized spacial score (nSPS) is 21.8. The Labute approximate surface area is 127 Å². The molecule has 1 heterocycles. The lowest BCUT2D eigenvalue weighted by Crippen LogP contribution is -2.46. The van der Waals surface area contributed by atoms with Crippen LogP contribution in [0.25, 0.3) is 0 Å². The minimum atomic E-state index is -0.467. The Morgan fingerprint density at radius 2 is 1.71 bits per heavy atom. The Kier molecular flexibility index (Phi) is 4.79. The summed E-state index contributed by atoms with van der Waals surface area (Å²) in [6, 6.07) is 0.293. The highest BCUT2D eigenvalue weighted by atomic mass is 16.6. The van der Waals surface area contributed by atoms with E-state index in [4.69, 9.17) is 4.74 Å². The first-order valence-corrected chi connectivity index (χ1v) is 8.04. The van der Waals surface area contributed by atoms with Crippen LogP contribution >= 0.6 is 0 Å². The van der Waals surface area contributed by atoms with Crippen molar-refractivity contribution in [2.45, 2.75) is 65.0 Å². The maximum atomic E-state index is 12.2. The highest BCUT2D eigenvalue weighted by Gasteiger charge is 2.33. The van der Waals surface area contributed by atoms with E-state index in [1.807, 2.05) is 20.8 Å². The lowest BCUT2D eigenvalue weighted by atomic mass is 9.95. The van der Waals surface area contributed by atoms with E-state index in [9.17, 15) is 9.59 Å². The third kappa shape index (κ3) is 4.90. The molecule has 1 aliphatic carbocycles. The first kappa shape index (κ1) is 16.1. The fourth-order valence-corrected chi connectivity index (χ4v) is 2.71. The van der Waals surface area contributed by atoms with Crippen LogP contribution in [-0.4, -0.2) is 41.6 Å². The van der Waals surface area contributed by atoms with Crippen molar-refractivity contribution in [2.75, 3.05) is 13.1 Å². The molecule has 2 amide bonds. The van der Waals surface area contributed by atoms with E-state index >= 15 is 0 Å². The van der Waals surface area contributed by atoms with Crippen molar-refractivity contribution in [3.05, 3.63) is 0 Å². The van der Waals surface area contributed by atoms with E-state index in [-0.39, 0.29) is 17.9 Å². The third-order valence-electron chi connectivity index (χ3n) is 4.22. The molecule has 1 saturated heterocycles. The van der Waals surface area contributed by atoms with Gasteiger partial charge in [-0.3, -0.25) is 4.79 Å². The molecule has 0 aromatic carbocycles. The second-order valence-corrected chi connectivity index (χ2v) is 7.38. The van der Waals surface area contributed by atoms with Crippen molar-refractivity contribution in [2.24, 2.45) is 11.8 Å². The molecule has 1 N–H and O–H groups in total. The zero-order chi connectivity index (χ0) is 15.6. The van der Waals surface area contributed by atoms with Gasteiger partial charge >= 0.3 is 6.09 Å². The van der Waals surface area contributed by atoms with Crippen molar-refractivity contribution in [3.8, 4) is 0 Å². The molecular weight excluding hydrogens is 268 g/mol. The predicted molar refractivity (Wildman–Crippen MR) is 80.9 cm³/mol. The molecule has 1 aliphatic heterocycles. The molecule has 1 unspecified atom stereocenters. The molecule has 2 rings (SSSR count). The second kappa shape index (κ2) is 6.24. The third-order valence-corrected chi connectivity index (χ3v) is 4.22. The van der Waals surface area contributed by atoms with Gasteiger partial charge in [0.1, 0.15) is 5.60 Å². The van der Waals surface area contributed by atoms with E-state index < -0.39 is 5.60 Å². The molecule has 0 aromatic rings. The summed E-state index contributed by atoms with van der Waals surface area (Å²) < 4.78 is 5.36. The number of carbonyl (C=O) groups is 2. The van der Waals surface area contributed by atoms with Crippen LogP contribution in [0.1, 0.15) is 53.4 Å². The number of ether oxygens (including phenoxy) is 1. The Morgan fingerprint density at radius 3 is 2.19 bits per heavy atom. The summed E-state index contributed by atoms with van der Waals surface area (Å²) in [7, 11) is 0. The minimum Gasteiger partial charge on any atom is -0.444 e. The standard InChI is InChI=1S/C16H28N2O3/c1-11(12-5-6-12)17-14(19)13-7-9-18(10-8-13)15(20)21-16(2,3)4/h11-13H,5-10H2,1-4H3,(H,17,19). The molecule has 2 fully saturated rings. The summed E-state index contributed by atoms with van der Waals surface area (Å²) in [5.41, 5.74) is -0.467. The van der Waals surface area contributed by atoms with Gasteiger partial charge in [-0.1, -0.05) is 0 Å². The first-order chi connectivity index (χ1) is 9.76. The lowest BCUT2D eigenvalue weighted by Gasteiger charge is -2.33. The van der Waals surface area contributed by atoms with Gasteiger partial charge in [-0.25, -0.2) is 4.79 Å². The molecular formula is C16H28N2O3. The number of rotatable bonds is 3. The lowest BCUT2D eigenvalue weighted by molar-refractivity contribution is -0.127. The van der Waals surface area contributed by atoms with Gasteiger partial charge in [-0.15, -0.1) is 0 Å². The van der Waals surface area contributed by atoms with E-state index in [2.05, 4.69) is 12.2 Å². The van der Waals surface area contributed by atoms with Crippen molar-refractivity contribution < 1.29 is 14.3 Å². The van der Waals surface area contributed by atoms with Crippen molar-refractivity contribution in [1.82, 2.24) is 10.2 Å². The molecule has 120 valence electrons. The molecule has 0 radical (unpaired) electrons. The Bertz CT molecular complexity index is 391. The molecule has 5 nitrogen and oxygen atoms in total. The zero-order valence-electron chi connectivity index (χ0n) is 13.6. The van der Waals surface area contributed by atoms with Crippen LogP contribution in [0.5, 0.6) is 0 Å². The fourth-order valence-electron chi connectivity index (χ4n) is 2.71. The topological polar surface area (TPSA) is 58.6 Å². The monoisotopic (exact) mass is 296 g/mol. The number of likely N-dealkylation sites (tertiary alicyclic amines) is 1. The maximum Gasteiger partial charge on any atom is 0.410 e. The summed E-state index contributed by atoms with van der Waals surface area (Å²) in [4.78, 5) is 25.9. The molecule has 21 heavy (non-hydrogen) atoms. The molecule has 0 spiro atoms. The number of hydrogen-bond acceptors (Lipinski definition) is 3. The van der Waals surface area contributed by atoms with Crippen LogP contribution in [0.15, 0.2) is 0 Å². The van der Waals surface area contributed by atoms with Crippen LogP contribution in [0.4, 0.5) is 4.79 Å². The van der Waals surface area contributed by atoms with Gasteiger partial charge in [0.2, 0.25) is 5.91 Å². The first-order valence-electron chi connectivity index (χ1n) is 8.04. The molecule has 1 atom stereocenters. The Balaban J connectivity index is 1.74. The number of nitrogens with zero attached hydrogens (tertiary/aromatic N) is 1. The molecule has 1 saturated carbocycles. The highest BCUT2D eigenvalue weighted by molar-refractivity contribution is 5.79. The van der Waals surface area contributed by atoms with Gasteiger partial charge in [-0.05, 0) is 59.3 Å². The van der Waals surface area contributed by atoms with Crippen LogP contribution in [0, 0.1) is 11.8 Å². The maximum absolute atomic E-state index is 12.2. The molecule has 0 bridgehead atoms. The smallest absolute Gasteiger partial charge is 0.410 e.